The van der Waals surface area contributed by atoms with E-state index in [4.69, 9.17) is 22.4 Å². The Morgan fingerprint density at radius 3 is 2.63 bits per heavy atom. The van der Waals surface area contributed by atoms with Crippen molar-refractivity contribution in [1.29, 1.82) is 0 Å². The average molecular weight is 285 g/mol. The fourth-order valence-corrected chi connectivity index (χ4v) is 1.95. The summed E-state index contributed by atoms with van der Waals surface area (Å²) in [7, 11) is 0. The molecule has 104 valence electrons. The van der Waals surface area contributed by atoms with Crippen LogP contribution in [0.5, 0.6) is 0 Å². The van der Waals surface area contributed by atoms with Crippen LogP contribution in [0.3, 0.4) is 0 Å². The minimum absolute atomic E-state index is 0.206. The Morgan fingerprint density at radius 1 is 1.47 bits per heavy atom. The lowest BCUT2D eigenvalue weighted by atomic mass is 10.1. The van der Waals surface area contributed by atoms with Crippen LogP contribution in [0.1, 0.15) is 36.5 Å². The summed E-state index contributed by atoms with van der Waals surface area (Å²) < 4.78 is 0. The molecular formula is C13H17ClN2O3. The van der Waals surface area contributed by atoms with Gasteiger partial charge in [0.1, 0.15) is 6.04 Å². The smallest absolute Gasteiger partial charge is 0.326 e. The molecule has 1 aromatic carbocycles. The molecule has 1 unspecified atom stereocenters. The first kappa shape index (κ1) is 15.3. The molecule has 5 nitrogen and oxygen atoms in total. The van der Waals surface area contributed by atoms with Crippen molar-refractivity contribution < 1.29 is 14.7 Å². The summed E-state index contributed by atoms with van der Waals surface area (Å²) in [5, 5.41) is 12.2. The Hall–Kier alpha value is -1.75. The molecule has 1 aromatic rings. The highest BCUT2D eigenvalue weighted by Gasteiger charge is 2.17. The molecule has 0 heterocycles. The van der Waals surface area contributed by atoms with Gasteiger partial charge in [0.15, 0.2) is 0 Å². The lowest BCUT2D eigenvalue weighted by Crippen LogP contribution is -2.29. The SMILES string of the molecule is CCCCC(Nc1ccc(C(N)=O)c(Cl)c1)C(=O)O. The quantitative estimate of drug-likeness (QED) is 0.717. The van der Waals surface area contributed by atoms with Crippen LogP contribution in [-0.4, -0.2) is 23.0 Å². The molecule has 0 saturated carbocycles. The second-order valence-corrected chi connectivity index (χ2v) is 4.64. The fourth-order valence-electron chi connectivity index (χ4n) is 1.67. The van der Waals surface area contributed by atoms with Crippen molar-refractivity contribution in [3.05, 3.63) is 28.8 Å². The maximum Gasteiger partial charge on any atom is 0.326 e. The number of amides is 1. The highest BCUT2D eigenvalue weighted by atomic mass is 35.5. The fraction of sp³-hybridized carbons (Fsp3) is 0.385. The summed E-state index contributed by atoms with van der Waals surface area (Å²) in [5.41, 5.74) is 5.91. The number of aliphatic carboxylic acids is 1. The minimum Gasteiger partial charge on any atom is -0.480 e. The van der Waals surface area contributed by atoms with Crippen LogP contribution >= 0.6 is 11.6 Å². The number of unbranched alkanes of at least 4 members (excludes halogenated alkanes) is 1. The third-order valence-electron chi connectivity index (χ3n) is 2.72. The second-order valence-electron chi connectivity index (χ2n) is 4.24. The number of halogens is 1. The maximum atomic E-state index is 11.1. The summed E-state index contributed by atoms with van der Waals surface area (Å²) in [4.78, 5) is 22.1. The topological polar surface area (TPSA) is 92.4 Å². The highest BCUT2D eigenvalue weighted by molar-refractivity contribution is 6.34. The summed E-state index contributed by atoms with van der Waals surface area (Å²) in [6.07, 6.45) is 2.27. The number of benzene rings is 1. The maximum absolute atomic E-state index is 11.1. The number of carbonyl (C=O) groups excluding carboxylic acids is 1. The normalized spacial score (nSPS) is 11.9. The van der Waals surface area contributed by atoms with Gasteiger partial charge in [-0.3, -0.25) is 4.79 Å². The predicted octanol–water partition coefficient (Wildman–Crippen LogP) is 2.49. The number of nitrogens with two attached hydrogens (primary N) is 1. The monoisotopic (exact) mass is 284 g/mol. The third kappa shape index (κ3) is 4.44. The van der Waals surface area contributed by atoms with Gasteiger partial charge in [-0.1, -0.05) is 31.4 Å². The van der Waals surface area contributed by atoms with Gasteiger partial charge in [0.2, 0.25) is 5.91 Å². The van der Waals surface area contributed by atoms with E-state index < -0.39 is 17.9 Å². The van der Waals surface area contributed by atoms with Gasteiger partial charge >= 0.3 is 5.97 Å². The predicted molar refractivity (Wildman–Crippen MR) is 74.5 cm³/mol. The number of nitrogens with one attached hydrogen (secondary N) is 1. The largest absolute Gasteiger partial charge is 0.480 e. The number of rotatable bonds is 7. The van der Waals surface area contributed by atoms with Gasteiger partial charge in [0, 0.05) is 5.69 Å². The number of hydrogen-bond acceptors (Lipinski definition) is 3. The first-order valence-electron chi connectivity index (χ1n) is 6.04. The Labute approximate surface area is 116 Å². The van der Waals surface area contributed by atoms with Crippen LogP contribution in [-0.2, 0) is 4.79 Å². The lowest BCUT2D eigenvalue weighted by Gasteiger charge is -2.16. The van der Waals surface area contributed by atoms with E-state index in [0.717, 1.165) is 12.8 Å². The van der Waals surface area contributed by atoms with Crippen LogP contribution in [0.4, 0.5) is 5.69 Å². The number of hydrogen-bond donors (Lipinski definition) is 3. The number of anilines is 1. The van der Waals surface area contributed by atoms with Crippen molar-refractivity contribution in [3.63, 3.8) is 0 Å². The van der Waals surface area contributed by atoms with E-state index in [9.17, 15) is 9.59 Å². The number of carbonyl (C=O) groups is 2. The number of primary amides is 1. The molecule has 0 aliphatic carbocycles. The molecule has 1 atom stereocenters. The van der Waals surface area contributed by atoms with Gasteiger partial charge < -0.3 is 16.2 Å². The second kappa shape index (κ2) is 6.99. The van der Waals surface area contributed by atoms with Crippen molar-refractivity contribution in [2.75, 3.05) is 5.32 Å². The van der Waals surface area contributed by atoms with E-state index in [0.29, 0.717) is 12.1 Å². The van der Waals surface area contributed by atoms with E-state index in [2.05, 4.69) is 5.32 Å². The van der Waals surface area contributed by atoms with E-state index in [1.807, 2.05) is 6.92 Å². The van der Waals surface area contributed by atoms with E-state index in [-0.39, 0.29) is 10.6 Å². The van der Waals surface area contributed by atoms with Crippen molar-refractivity contribution >= 4 is 29.2 Å². The molecule has 1 rings (SSSR count). The highest BCUT2D eigenvalue weighted by Crippen LogP contribution is 2.21. The van der Waals surface area contributed by atoms with Gasteiger partial charge in [-0.05, 0) is 24.6 Å². The van der Waals surface area contributed by atoms with Crippen LogP contribution in [0.25, 0.3) is 0 Å². The average Bonchev–Trinajstić information content (AvgIpc) is 2.33. The number of carboxylic acids is 1. The van der Waals surface area contributed by atoms with Crippen molar-refractivity contribution in [2.24, 2.45) is 5.73 Å². The summed E-state index contributed by atoms with van der Waals surface area (Å²) >= 11 is 5.90. The molecule has 0 fully saturated rings. The molecule has 0 saturated heterocycles. The zero-order chi connectivity index (χ0) is 14.4. The van der Waals surface area contributed by atoms with Crippen molar-refractivity contribution in [3.8, 4) is 0 Å². The molecule has 0 radical (unpaired) electrons. The van der Waals surface area contributed by atoms with Gasteiger partial charge in [-0.25, -0.2) is 4.79 Å². The van der Waals surface area contributed by atoms with Gasteiger partial charge in [-0.15, -0.1) is 0 Å². The molecule has 0 spiro atoms. The van der Waals surface area contributed by atoms with Gasteiger partial charge in [0.05, 0.1) is 10.6 Å². The van der Waals surface area contributed by atoms with E-state index >= 15 is 0 Å². The van der Waals surface area contributed by atoms with Crippen LogP contribution in [0.2, 0.25) is 5.02 Å². The van der Waals surface area contributed by atoms with Gasteiger partial charge in [-0.2, -0.15) is 0 Å². The molecule has 4 N–H and O–H groups in total. The Morgan fingerprint density at radius 2 is 2.16 bits per heavy atom. The summed E-state index contributed by atoms with van der Waals surface area (Å²) in [6, 6.07) is 3.90. The third-order valence-corrected chi connectivity index (χ3v) is 3.03. The van der Waals surface area contributed by atoms with Gasteiger partial charge in [0.25, 0.3) is 0 Å². The van der Waals surface area contributed by atoms with E-state index in [1.54, 1.807) is 6.07 Å². The number of carboxylic acid groups (broad SMARTS) is 1. The molecule has 0 aliphatic heterocycles. The van der Waals surface area contributed by atoms with Crippen molar-refractivity contribution in [1.82, 2.24) is 0 Å². The first-order valence-corrected chi connectivity index (χ1v) is 6.42. The summed E-state index contributed by atoms with van der Waals surface area (Å²) in [6.45, 7) is 2.00. The molecule has 0 bridgehead atoms. The van der Waals surface area contributed by atoms with Crippen molar-refractivity contribution in [2.45, 2.75) is 32.2 Å². The van der Waals surface area contributed by atoms with Crippen LogP contribution in [0.15, 0.2) is 18.2 Å². The lowest BCUT2D eigenvalue weighted by molar-refractivity contribution is -0.138. The molecule has 1 amide bonds. The van der Waals surface area contributed by atoms with E-state index in [1.165, 1.54) is 12.1 Å². The molecule has 19 heavy (non-hydrogen) atoms. The Balaban J connectivity index is 2.82. The van der Waals surface area contributed by atoms with Crippen LogP contribution < -0.4 is 11.1 Å². The first-order chi connectivity index (χ1) is 8.95. The zero-order valence-electron chi connectivity index (χ0n) is 10.6. The zero-order valence-corrected chi connectivity index (χ0v) is 11.4. The molecule has 6 heteroatoms. The van der Waals surface area contributed by atoms with Crippen LogP contribution in [0, 0.1) is 0 Å². The minimum atomic E-state index is -0.913. The molecular weight excluding hydrogens is 268 g/mol. The Bertz CT molecular complexity index is 477. The Kier molecular flexibility index (Phi) is 5.63. The standard InChI is InChI=1S/C13H17ClN2O3/c1-2-3-4-11(13(18)19)16-8-5-6-9(12(15)17)10(14)7-8/h5-7,11,16H,2-4H2,1H3,(H2,15,17)(H,18,19). The molecule has 0 aromatic heterocycles. The molecule has 0 aliphatic rings. The summed E-state index contributed by atoms with van der Waals surface area (Å²) in [5.74, 6) is -1.53.